The molecule has 1 N–H and O–H groups in total. The van der Waals surface area contributed by atoms with E-state index in [1.54, 1.807) is 11.6 Å². The van der Waals surface area contributed by atoms with Crippen LogP contribution in [0.5, 0.6) is 0 Å². The van der Waals surface area contributed by atoms with E-state index < -0.39 is 12.3 Å². The predicted octanol–water partition coefficient (Wildman–Crippen LogP) is 3.09. The number of nitrogens with zero attached hydrogens (tertiary/aromatic N) is 1. The van der Waals surface area contributed by atoms with Gasteiger partial charge in [0.15, 0.2) is 0 Å². The molecule has 80 valence electrons. The van der Waals surface area contributed by atoms with Crippen LogP contribution >= 0.6 is 11.3 Å². The summed E-state index contributed by atoms with van der Waals surface area (Å²) in [7, 11) is 0. The lowest BCUT2D eigenvalue weighted by atomic mass is 10.1. The van der Waals surface area contributed by atoms with E-state index in [0.717, 1.165) is 19.3 Å². The molecule has 2 unspecified atom stereocenters. The van der Waals surface area contributed by atoms with Crippen molar-refractivity contribution in [3.63, 3.8) is 0 Å². The van der Waals surface area contributed by atoms with E-state index in [1.165, 1.54) is 11.3 Å². The van der Waals surface area contributed by atoms with Crippen LogP contribution in [-0.2, 0) is 0 Å². The third-order valence-corrected chi connectivity index (χ3v) is 2.98. The smallest absolute Gasteiger partial charge is 0.137 e. The molecule has 14 heavy (non-hydrogen) atoms. The summed E-state index contributed by atoms with van der Waals surface area (Å²) in [5, 5.41) is 11.8. The Morgan fingerprint density at radius 2 is 2.36 bits per heavy atom. The minimum atomic E-state index is -1.17. The summed E-state index contributed by atoms with van der Waals surface area (Å²) in [6, 6.07) is 0. The van der Waals surface area contributed by atoms with E-state index >= 15 is 0 Å². The van der Waals surface area contributed by atoms with Gasteiger partial charge in [-0.2, -0.15) is 0 Å². The molecule has 2 atom stereocenters. The molecule has 2 nitrogen and oxygen atoms in total. The summed E-state index contributed by atoms with van der Waals surface area (Å²) in [5.74, 6) is 0. The molecular weight excluding hydrogens is 201 g/mol. The Morgan fingerprint density at radius 1 is 1.57 bits per heavy atom. The zero-order valence-corrected chi connectivity index (χ0v) is 9.13. The van der Waals surface area contributed by atoms with Crippen molar-refractivity contribution in [3.8, 4) is 0 Å². The third-order valence-electron chi connectivity index (χ3n) is 2.13. The molecule has 0 fully saturated rings. The van der Waals surface area contributed by atoms with Crippen LogP contribution in [0.4, 0.5) is 4.39 Å². The topological polar surface area (TPSA) is 33.1 Å². The Bertz CT molecular complexity index is 240. The van der Waals surface area contributed by atoms with Gasteiger partial charge in [-0.3, -0.25) is 0 Å². The van der Waals surface area contributed by atoms with Gasteiger partial charge in [0.2, 0.25) is 0 Å². The Balaban J connectivity index is 2.33. The first-order valence-electron chi connectivity index (χ1n) is 4.97. The van der Waals surface area contributed by atoms with Crippen LogP contribution in [0.3, 0.4) is 0 Å². The average Bonchev–Trinajstić information content (AvgIpc) is 2.69. The molecule has 1 aromatic rings. The summed E-state index contributed by atoms with van der Waals surface area (Å²) >= 11 is 1.30. The number of aliphatic hydroxyl groups is 1. The quantitative estimate of drug-likeness (QED) is 0.743. The SMILES string of the molecule is CCCCCC(F)C(O)c1nccs1. The van der Waals surface area contributed by atoms with Crippen molar-refractivity contribution in [2.75, 3.05) is 0 Å². The van der Waals surface area contributed by atoms with Gasteiger partial charge in [-0.15, -0.1) is 11.3 Å². The molecule has 0 aliphatic rings. The van der Waals surface area contributed by atoms with Crippen molar-refractivity contribution in [1.29, 1.82) is 0 Å². The molecule has 0 saturated heterocycles. The molecule has 1 rings (SSSR count). The Hall–Kier alpha value is -0.480. The largest absolute Gasteiger partial charge is 0.383 e. The van der Waals surface area contributed by atoms with Crippen LogP contribution in [-0.4, -0.2) is 16.3 Å². The summed E-state index contributed by atoms with van der Waals surface area (Å²) in [6.45, 7) is 2.07. The maximum absolute atomic E-state index is 13.4. The second-order valence-electron chi connectivity index (χ2n) is 3.33. The highest BCUT2D eigenvalue weighted by Gasteiger charge is 2.21. The first-order chi connectivity index (χ1) is 6.75. The van der Waals surface area contributed by atoms with Gasteiger partial charge in [0.25, 0.3) is 0 Å². The van der Waals surface area contributed by atoms with Crippen LogP contribution in [0.2, 0.25) is 0 Å². The third kappa shape index (κ3) is 3.35. The van der Waals surface area contributed by atoms with Crippen LogP contribution in [0.15, 0.2) is 11.6 Å². The fourth-order valence-electron chi connectivity index (χ4n) is 1.28. The summed E-state index contributed by atoms with van der Waals surface area (Å²) in [6.07, 6.45) is 2.72. The number of unbranched alkanes of at least 4 members (excludes halogenated alkanes) is 2. The monoisotopic (exact) mass is 217 g/mol. The minimum absolute atomic E-state index is 0.425. The number of alkyl halides is 1. The molecule has 0 amide bonds. The second-order valence-corrected chi connectivity index (χ2v) is 4.25. The van der Waals surface area contributed by atoms with Crippen molar-refractivity contribution >= 4 is 11.3 Å². The molecule has 0 spiro atoms. The lowest BCUT2D eigenvalue weighted by molar-refractivity contribution is 0.0706. The van der Waals surface area contributed by atoms with Crippen LogP contribution < -0.4 is 0 Å². The standard InChI is InChI=1S/C10H16FNOS/c1-2-3-4-5-8(11)9(13)10-12-6-7-14-10/h6-9,13H,2-5H2,1H3. The summed E-state index contributed by atoms with van der Waals surface area (Å²) in [4.78, 5) is 3.89. The number of aromatic nitrogens is 1. The van der Waals surface area contributed by atoms with E-state index in [2.05, 4.69) is 11.9 Å². The minimum Gasteiger partial charge on any atom is -0.383 e. The zero-order valence-electron chi connectivity index (χ0n) is 8.32. The van der Waals surface area contributed by atoms with Crippen molar-refractivity contribution in [2.24, 2.45) is 0 Å². The maximum Gasteiger partial charge on any atom is 0.137 e. The normalized spacial score (nSPS) is 15.4. The Kier molecular flexibility index (Phi) is 5.04. The number of aliphatic hydroxyl groups excluding tert-OH is 1. The Morgan fingerprint density at radius 3 is 2.93 bits per heavy atom. The molecule has 0 aliphatic heterocycles. The number of hydrogen-bond acceptors (Lipinski definition) is 3. The van der Waals surface area contributed by atoms with E-state index in [9.17, 15) is 9.50 Å². The first kappa shape index (κ1) is 11.6. The fraction of sp³-hybridized carbons (Fsp3) is 0.700. The van der Waals surface area contributed by atoms with Gasteiger partial charge in [-0.05, 0) is 6.42 Å². The highest BCUT2D eigenvalue weighted by Crippen LogP contribution is 2.24. The Labute approximate surface area is 87.8 Å². The number of halogens is 1. The van der Waals surface area contributed by atoms with Crippen LogP contribution in [0, 0.1) is 0 Å². The molecular formula is C10H16FNOS. The summed E-state index contributed by atoms with van der Waals surface area (Å²) in [5.41, 5.74) is 0. The van der Waals surface area contributed by atoms with Gasteiger partial charge >= 0.3 is 0 Å². The molecule has 4 heteroatoms. The molecule has 1 aromatic heterocycles. The maximum atomic E-state index is 13.4. The van der Waals surface area contributed by atoms with E-state index in [0.29, 0.717) is 11.4 Å². The van der Waals surface area contributed by atoms with Crippen molar-refractivity contribution in [2.45, 2.75) is 44.9 Å². The van der Waals surface area contributed by atoms with E-state index in [1.807, 2.05) is 0 Å². The molecule has 0 aromatic carbocycles. The van der Waals surface area contributed by atoms with Gasteiger partial charge < -0.3 is 5.11 Å². The highest BCUT2D eigenvalue weighted by atomic mass is 32.1. The van der Waals surface area contributed by atoms with Gasteiger partial charge in [-0.1, -0.05) is 26.2 Å². The van der Waals surface area contributed by atoms with Crippen molar-refractivity contribution in [3.05, 3.63) is 16.6 Å². The van der Waals surface area contributed by atoms with E-state index in [4.69, 9.17) is 0 Å². The molecule has 0 radical (unpaired) electrons. The number of hydrogen-bond donors (Lipinski definition) is 1. The van der Waals surface area contributed by atoms with Crippen molar-refractivity contribution < 1.29 is 9.50 Å². The molecule has 0 aliphatic carbocycles. The zero-order chi connectivity index (χ0) is 10.4. The lowest BCUT2D eigenvalue weighted by Crippen LogP contribution is -2.13. The van der Waals surface area contributed by atoms with Crippen LogP contribution in [0.1, 0.15) is 43.7 Å². The molecule has 0 bridgehead atoms. The molecule has 1 heterocycles. The van der Waals surface area contributed by atoms with Crippen molar-refractivity contribution in [1.82, 2.24) is 4.98 Å². The van der Waals surface area contributed by atoms with Gasteiger partial charge in [-0.25, -0.2) is 9.37 Å². The predicted molar refractivity (Wildman–Crippen MR) is 56.1 cm³/mol. The average molecular weight is 217 g/mol. The van der Waals surface area contributed by atoms with E-state index in [-0.39, 0.29) is 0 Å². The lowest BCUT2D eigenvalue weighted by Gasteiger charge is -2.12. The van der Waals surface area contributed by atoms with Gasteiger partial charge in [0.05, 0.1) is 0 Å². The second kappa shape index (κ2) is 6.09. The van der Waals surface area contributed by atoms with Gasteiger partial charge in [0.1, 0.15) is 17.3 Å². The van der Waals surface area contributed by atoms with Crippen LogP contribution in [0.25, 0.3) is 0 Å². The molecule has 0 saturated carbocycles. The fourth-order valence-corrected chi connectivity index (χ4v) is 1.95. The van der Waals surface area contributed by atoms with Gasteiger partial charge in [0, 0.05) is 11.6 Å². The number of rotatable bonds is 6. The first-order valence-corrected chi connectivity index (χ1v) is 5.85. The number of thiazole rings is 1. The highest BCUT2D eigenvalue weighted by molar-refractivity contribution is 7.09. The summed E-state index contributed by atoms with van der Waals surface area (Å²) < 4.78 is 13.4.